The van der Waals surface area contributed by atoms with E-state index < -0.39 is 11.9 Å². The number of fused-ring (bicyclic) bond motifs is 1. The molecule has 1 aliphatic rings. The van der Waals surface area contributed by atoms with Gasteiger partial charge in [0.25, 0.3) is 5.91 Å². The maximum absolute atomic E-state index is 12.8. The fourth-order valence-electron chi connectivity index (χ4n) is 2.94. The van der Waals surface area contributed by atoms with Crippen molar-refractivity contribution in [2.24, 2.45) is 5.73 Å². The van der Waals surface area contributed by atoms with Crippen LogP contribution in [-0.2, 0) is 6.18 Å². The second-order valence-corrected chi connectivity index (χ2v) is 6.63. The van der Waals surface area contributed by atoms with E-state index in [9.17, 15) is 18.0 Å². The molecule has 3 rings (SSSR count). The molecule has 124 valence electrons. The maximum Gasteiger partial charge on any atom is 0.433 e. The van der Waals surface area contributed by atoms with E-state index in [4.69, 9.17) is 5.73 Å². The largest absolute Gasteiger partial charge is 0.433 e. The van der Waals surface area contributed by atoms with Crippen LogP contribution in [0.5, 0.6) is 0 Å². The summed E-state index contributed by atoms with van der Waals surface area (Å²) in [6.45, 7) is 2.77. The van der Waals surface area contributed by atoms with Crippen LogP contribution < -0.4 is 5.73 Å². The molecule has 0 bridgehead atoms. The molecule has 0 aromatic carbocycles. The van der Waals surface area contributed by atoms with Crippen molar-refractivity contribution in [2.75, 3.05) is 13.1 Å². The Morgan fingerprint density at radius 1 is 1.48 bits per heavy atom. The summed E-state index contributed by atoms with van der Waals surface area (Å²) in [5.41, 5.74) is 5.43. The van der Waals surface area contributed by atoms with E-state index in [0.717, 1.165) is 30.2 Å². The van der Waals surface area contributed by atoms with Gasteiger partial charge in [-0.25, -0.2) is 4.98 Å². The molecule has 1 amide bonds. The molecule has 1 fully saturated rings. The number of thiophene rings is 1. The lowest BCUT2D eigenvalue weighted by atomic mass is 10.1. The van der Waals surface area contributed by atoms with Crippen LogP contribution in [0.25, 0.3) is 10.2 Å². The zero-order valence-corrected chi connectivity index (χ0v) is 13.3. The van der Waals surface area contributed by atoms with Gasteiger partial charge in [0, 0.05) is 24.5 Å². The minimum atomic E-state index is -4.49. The average molecular weight is 343 g/mol. The Morgan fingerprint density at radius 2 is 2.22 bits per heavy atom. The summed E-state index contributed by atoms with van der Waals surface area (Å²) in [6.07, 6.45) is -2.73. The summed E-state index contributed by atoms with van der Waals surface area (Å²) in [7, 11) is 0. The van der Waals surface area contributed by atoms with E-state index in [-0.39, 0.29) is 16.8 Å². The quantitative estimate of drug-likeness (QED) is 0.911. The van der Waals surface area contributed by atoms with Gasteiger partial charge in [-0.05, 0) is 37.5 Å². The van der Waals surface area contributed by atoms with Gasteiger partial charge in [-0.15, -0.1) is 11.3 Å². The Hall–Kier alpha value is -1.67. The van der Waals surface area contributed by atoms with Crippen LogP contribution in [0.4, 0.5) is 13.2 Å². The molecule has 0 aliphatic carbocycles. The van der Waals surface area contributed by atoms with Crippen LogP contribution in [0.3, 0.4) is 0 Å². The van der Waals surface area contributed by atoms with Crippen molar-refractivity contribution in [1.29, 1.82) is 0 Å². The molecule has 4 nitrogen and oxygen atoms in total. The van der Waals surface area contributed by atoms with Crippen molar-refractivity contribution < 1.29 is 18.0 Å². The number of nitrogens with zero attached hydrogens (tertiary/aromatic N) is 2. The Bertz CT molecular complexity index is 756. The molecule has 3 heterocycles. The first-order valence-electron chi connectivity index (χ1n) is 7.31. The molecular formula is C15H16F3N3OS. The smallest absolute Gasteiger partial charge is 0.334 e. The van der Waals surface area contributed by atoms with Gasteiger partial charge in [-0.1, -0.05) is 0 Å². The summed E-state index contributed by atoms with van der Waals surface area (Å²) >= 11 is 1.02. The number of carbonyl (C=O) groups is 1. The monoisotopic (exact) mass is 343 g/mol. The molecule has 1 aliphatic heterocycles. The first-order valence-corrected chi connectivity index (χ1v) is 8.13. The number of pyridine rings is 1. The van der Waals surface area contributed by atoms with Gasteiger partial charge in [0.15, 0.2) is 0 Å². The molecule has 0 radical (unpaired) electrons. The zero-order valence-electron chi connectivity index (χ0n) is 12.5. The number of nitrogens with two attached hydrogens (primary N) is 1. The first-order chi connectivity index (χ1) is 10.8. The number of likely N-dealkylation sites (tertiary alicyclic amines) is 1. The molecule has 2 N–H and O–H groups in total. The lowest BCUT2D eigenvalue weighted by molar-refractivity contribution is -0.140. The van der Waals surface area contributed by atoms with E-state index in [1.165, 1.54) is 6.07 Å². The number of rotatable bonds is 2. The minimum Gasteiger partial charge on any atom is -0.334 e. The van der Waals surface area contributed by atoms with E-state index in [0.29, 0.717) is 28.9 Å². The number of hydrogen-bond acceptors (Lipinski definition) is 4. The highest BCUT2D eigenvalue weighted by molar-refractivity contribution is 7.20. The molecule has 0 saturated carbocycles. The van der Waals surface area contributed by atoms with Crippen LogP contribution in [0, 0.1) is 6.92 Å². The predicted molar refractivity (Wildman–Crippen MR) is 82.5 cm³/mol. The second-order valence-electron chi connectivity index (χ2n) is 5.63. The molecule has 8 heteroatoms. The third-order valence-electron chi connectivity index (χ3n) is 4.20. The van der Waals surface area contributed by atoms with Crippen molar-refractivity contribution in [2.45, 2.75) is 32.0 Å². The van der Waals surface area contributed by atoms with Crippen LogP contribution >= 0.6 is 11.3 Å². The summed E-state index contributed by atoms with van der Waals surface area (Å²) in [5.74, 6) is -0.160. The number of aryl methyl sites for hydroxylation is 1. The number of hydrogen-bond donors (Lipinski definition) is 1. The number of aromatic nitrogens is 1. The van der Waals surface area contributed by atoms with E-state index in [2.05, 4.69) is 4.98 Å². The van der Waals surface area contributed by atoms with Crippen molar-refractivity contribution in [1.82, 2.24) is 9.88 Å². The van der Waals surface area contributed by atoms with E-state index in [1.807, 2.05) is 0 Å². The van der Waals surface area contributed by atoms with Crippen LogP contribution in [0.1, 0.15) is 33.8 Å². The summed E-state index contributed by atoms with van der Waals surface area (Å²) in [4.78, 5) is 18.8. The Morgan fingerprint density at radius 3 is 2.87 bits per heavy atom. The van der Waals surface area contributed by atoms with E-state index in [1.54, 1.807) is 11.8 Å². The molecule has 1 saturated heterocycles. The van der Waals surface area contributed by atoms with Gasteiger partial charge in [-0.3, -0.25) is 4.79 Å². The van der Waals surface area contributed by atoms with Crippen molar-refractivity contribution >= 4 is 27.5 Å². The van der Waals surface area contributed by atoms with Gasteiger partial charge in [-0.2, -0.15) is 13.2 Å². The first kappa shape index (κ1) is 16.2. The standard InChI is InChI=1S/C15H16F3N3OS/c1-8-10-4-5-11(15(16,17)18)20-13(10)23-12(8)14(22)21-6-2-3-9(21)7-19/h4-5,9H,2-3,6-7,19H2,1H3. The molecule has 1 unspecified atom stereocenters. The normalized spacial score (nSPS) is 18.8. The Kier molecular flexibility index (Phi) is 4.05. The van der Waals surface area contributed by atoms with Crippen molar-refractivity contribution in [3.8, 4) is 0 Å². The summed E-state index contributed by atoms with van der Waals surface area (Å²) in [6, 6.07) is 2.35. The molecule has 2 aromatic rings. The van der Waals surface area contributed by atoms with Crippen molar-refractivity contribution in [3.63, 3.8) is 0 Å². The number of alkyl halides is 3. The molecule has 2 aromatic heterocycles. The zero-order chi connectivity index (χ0) is 16.8. The summed E-state index contributed by atoms with van der Waals surface area (Å²) < 4.78 is 38.3. The average Bonchev–Trinajstić information content (AvgIpc) is 3.10. The molecule has 23 heavy (non-hydrogen) atoms. The highest BCUT2D eigenvalue weighted by Gasteiger charge is 2.34. The van der Waals surface area contributed by atoms with Crippen LogP contribution in [0.2, 0.25) is 0 Å². The highest BCUT2D eigenvalue weighted by Crippen LogP contribution is 2.35. The van der Waals surface area contributed by atoms with Crippen LogP contribution in [-0.4, -0.2) is 34.9 Å². The second kappa shape index (κ2) is 5.76. The molecular weight excluding hydrogens is 327 g/mol. The molecule has 1 atom stereocenters. The summed E-state index contributed by atoms with van der Waals surface area (Å²) in [5, 5.41) is 0.592. The predicted octanol–water partition coefficient (Wildman–Crippen LogP) is 3.19. The lowest BCUT2D eigenvalue weighted by Crippen LogP contribution is -2.39. The van der Waals surface area contributed by atoms with Gasteiger partial charge >= 0.3 is 6.18 Å². The third kappa shape index (κ3) is 2.81. The highest BCUT2D eigenvalue weighted by atomic mass is 32.1. The Labute approximate surface area is 135 Å². The minimum absolute atomic E-state index is 0.00538. The fourth-order valence-corrected chi connectivity index (χ4v) is 4.08. The number of amides is 1. The number of carbonyl (C=O) groups excluding carboxylic acids is 1. The number of halogens is 3. The fraction of sp³-hybridized carbons (Fsp3) is 0.467. The lowest BCUT2D eigenvalue weighted by Gasteiger charge is -2.23. The SMILES string of the molecule is Cc1c(C(=O)N2CCCC2CN)sc2nc(C(F)(F)F)ccc12. The van der Waals surface area contributed by atoms with Gasteiger partial charge < -0.3 is 10.6 Å². The van der Waals surface area contributed by atoms with Gasteiger partial charge in [0.1, 0.15) is 10.5 Å². The maximum atomic E-state index is 12.8. The van der Waals surface area contributed by atoms with E-state index >= 15 is 0 Å². The van der Waals surface area contributed by atoms with Gasteiger partial charge in [0.05, 0.1) is 4.88 Å². The van der Waals surface area contributed by atoms with Gasteiger partial charge in [0.2, 0.25) is 0 Å². The molecule has 0 spiro atoms. The van der Waals surface area contributed by atoms with Crippen molar-refractivity contribution in [3.05, 3.63) is 28.3 Å². The third-order valence-corrected chi connectivity index (χ3v) is 5.39. The Balaban J connectivity index is 2.01. The topological polar surface area (TPSA) is 59.2 Å². The van der Waals surface area contributed by atoms with Crippen LogP contribution in [0.15, 0.2) is 12.1 Å².